The average molecular weight is 268 g/mol. The van der Waals surface area contributed by atoms with Gasteiger partial charge in [-0.3, -0.25) is 4.79 Å². The molecule has 0 radical (unpaired) electrons. The highest BCUT2D eigenvalue weighted by Crippen LogP contribution is 2.24. The van der Waals surface area contributed by atoms with Crippen molar-refractivity contribution >= 4 is 17.7 Å². The number of aryl methyl sites for hydroxylation is 1. The summed E-state index contributed by atoms with van der Waals surface area (Å²) in [6, 6.07) is 5.72. The van der Waals surface area contributed by atoms with Crippen LogP contribution in [0.4, 0.5) is 0 Å². The lowest BCUT2D eigenvalue weighted by Gasteiger charge is -2.19. The van der Waals surface area contributed by atoms with Crippen LogP contribution in [0.2, 0.25) is 0 Å². The molecular formula is C14H20O3S. The second-order valence-corrected chi connectivity index (χ2v) is 6.15. The van der Waals surface area contributed by atoms with Gasteiger partial charge in [0.1, 0.15) is 5.60 Å². The smallest absolute Gasteiger partial charge is 0.316 e. The standard InChI is InChI=1S/C14H20O3S/c1-10-7-11(8-15)5-6-12(10)18-9-13(16)17-14(2,3)4/h5-7,15H,8-9H2,1-4H3. The Morgan fingerprint density at radius 3 is 2.56 bits per heavy atom. The molecule has 0 heterocycles. The number of hydrogen-bond acceptors (Lipinski definition) is 4. The van der Waals surface area contributed by atoms with E-state index in [9.17, 15) is 4.79 Å². The summed E-state index contributed by atoms with van der Waals surface area (Å²) in [5, 5.41) is 9.02. The lowest BCUT2D eigenvalue weighted by Crippen LogP contribution is -2.24. The number of ether oxygens (including phenoxy) is 1. The maximum atomic E-state index is 11.6. The molecule has 0 unspecified atom stereocenters. The van der Waals surface area contributed by atoms with Crippen LogP contribution >= 0.6 is 11.8 Å². The molecule has 0 aliphatic rings. The number of carbonyl (C=O) groups excluding carboxylic acids is 1. The number of rotatable bonds is 4. The molecule has 0 aromatic heterocycles. The number of hydrogen-bond donors (Lipinski definition) is 1. The van der Waals surface area contributed by atoms with Crippen molar-refractivity contribution in [3.8, 4) is 0 Å². The molecule has 100 valence electrons. The van der Waals surface area contributed by atoms with E-state index in [1.807, 2.05) is 45.9 Å². The van der Waals surface area contributed by atoms with E-state index in [2.05, 4.69) is 0 Å². The van der Waals surface area contributed by atoms with Gasteiger partial charge in [-0.1, -0.05) is 12.1 Å². The number of benzene rings is 1. The van der Waals surface area contributed by atoms with Gasteiger partial charge in [-0.25, -0.2) is 0 Å². The zero-order chi connectivity index (χ0) is 13.8. The first-order valence-corrected chi connectivity index (χ1v) is 6.85. The predicted octanol–water partition coefficient (Wildman–Crippen LogP) is 2.92. The maximum absolute atomic E-state index is 11.6. The van der Waals surface area contributed by atoms with Crippen molar-refractivity contribution in [3.05, 3.63) is 29.3 Å². The number of aliphatic hydroxyl groups is 1. The van der Waals surface area contributed by atoms with Crippen molar-refractivity contribution < 1.29 is 14.6 Å². The van der Waals surface area contributed by atoms with Crippen molar-refractivity contribution in [3.63, 3.8) is 0 Å². The van der Waals surface area contributed by atoms with E-state index in [1.54, 1.807) is 0 Å². The molecule has 0 atom stereocenters. The monoisotopic (exact) mass is 268 g/mol. The normalized spacial score (nSPS) is 11.4. The van der Waals surface area contributed by atoms with Gasteiger partial charge in [0.2, 0.25) is 0 Å². The van der Waals surface area contributed by atoms with Gasteiger partial charge in [0.25, 0.3) is 0 Å². The zero-order valence-corrected chi connectivity index (χ0v) is 12.1. The van der Waals surface area contributed by atoms with E-state index in [0.29, 0.717) is 5.75 Å². The van der Waals surface area contributed by atoms with E-state index in [0.717, 1.165) is 16.0 Å². The third kappa shape index (κ3) is 5.10. The highest BCUT2D eigenvalue weighted by Gasteiger charge is 2.16. The average Bonchev–Trinajstić information content (AvgIpc) is 2.25. The Kier molecular flexibility index (Phi) is 5.23. The number of esters is 1. The third-order valence-electron chi connectivity index (χ3n) is 2.19. The molecule has 1 aromatic carbocycles. The van der Waals surface area contributed by atoms with Gasteiger partial charge >= 0.3 is 5.97 Å². The summed E-state index contributed by atoms with van der Waals surface area (Å²) in [5.41, 5.74) is 1.51. The van der Waals surface area contributed by atoms with Crippen molar-refractivity contribution in [1.82, 2.24) is 0 Å². The van der Waals surface area contributed by atoms with Gasteiger partial charge in [0.15, 0.2) is 0 Å². The van der Waals surface area contributed by atoms with Crippen LogP contribution in [0.3, 0.4) is 0 Å². The summed E-state index contributed by atoms with van der Waals surface area (Å²) >= 11 is 1.46. The van der Waals surface area contributed by atoms with E-state index in [1.165, 1.54) is 11.8 Å². The minimum Gasteiger partial charge on any atom is -0.459 e. The van der Waals surface area contributed by atoms with Crippen LogP contribution in [0.1, 0.15) is 31.9 Å². The largest absolute Gasteiger partial charge is 0.459 e. The van der Waals surface area contributed by atoms with Crippen LogP contribution < -0.4 is 0 Å². The molecular weight excluding hydrogens is 248 g/mol. The predicted molar refractivity (Wildman–Crippen MR) is 73.7 cm³/mol. The van der Waals surface area contributed by atoms with E-state index in [4.69, 9.17) is 9.84 Å². The lowest BCUT2D eigenvalue weighted by atomic mass is 10.1. The van der Waals surface area contributed by atoms with Crippen LogP contribution in [0.25, 0.3) is 0 Å². The van der Waals surface area contributed by atoms with Gasteiger partial charge in [-0.15, -0.1) is 11.8 Å². The summed E-state index contributed by atoms with van der Waals surface area (Å²) in [7, 11) is 0. The van der Waals surface area contributed by atoms with Crippen LogP contribution in [0, 0.1) is 6.92 Å². The second-order valence-electron chi connectivity index (χ2n) is 5.13. The molecule has 1 aromatic rings. The second kappa shape index (κ2) is 6.25. The van der Waals surface area contributed by atoms with E-state index < -0.39 is 5.60 Å². The minimum atomic E-state index is -0.437. The molecule has 0 fully saturated rings. The van der Waals surface area contributed by atoms with Gasteiger partial charge in [0, 0.05) is 4.90 Å². The van der Waals surface area contributed by atoms with E-state index in [-0.39, 0.29) is 12.6 Å². The first-order valence-electron chi connectivity index (χ1n) is 5.87. The molecule has 4 heteroatoms. The van der Waals surface area contributed by atoms with Crippen LogP contribution in [-0.2, 0) is 16.1 Å². The van der Waals surface area contributed by atoms with E-state index >= 15 is 0 Å². The Morgan fingerprint density at radius 1 is 1.39 bits per heavy atom. The summed E-state index contributed by atoms with van der Waals surface area (Å²) < 4.78 is 5.24. The van der Waals surface area contributed by atoms with Gasteiger partial charge < -0.3 is 9.84 Å². The van der Waals surface area contributed by atoms with Crippen LogP contribution in [0.5, 0.6) is 0 Å². The lowest BCUT2D eigenvalue weighted by molar-refractivity contribution is -0.151. The minimum absolute atomic E-state index is 0.0395. The molecule has 0 aliphatic heterocycles. The maximum Gasteiger partial charge on any atom is 0.316 e. The molecule has 0 bridgehead atoms. The van der Waals surface area contributed by atoms with Crippen LogP contribution in [0.15, 0.2) is 23.1 Å². The molecule has 0 saturated carbocycles. The molecule has 18 heavy (non-hydrogen) atoms. The fourth-order valence-corrected chi connectivity index (χ4v) is 2.26. The summed E-state index contributed by atoms with van der Waals surface area (Å²) in [6.45, 7) is 7.58. The summed E-state index contributed by atoms with van der Waals surface area (Å²) in [4.78, 5) is 12.6. The fraction of sp³-hybridized carbons (Fsp3) is 0.500. The van der Waals surface area contributed by atoms with Gasteiger partial charge in [-0.2, -0.15) is 0 Å². The highest BCUT2D eigenvalue weighted by molar-refractivity contribution is 8.00. The molecule has 1 rings (SSSR count). The number of thioether (sulfide) groups is 1. The Bertz CT molecular complexity index is 422. The van der Waals surface area contributed by atoms with Gasteiger partial charge in [0.05, 0.1) is 12.4 Å². The number of aliphatic hydroxyl groups excluding tert-OH is 1. The number of carbonyl (C=O) groups is 1. The Hall–Kier alpha value is -1.00. The summed E-state index contributed by atoms with van der Waals surface area (Å²) in [5.74, 6) is 0.0921. The van der Waals surface area contributed by atoms with Crippen molar-refractivity contribution in [2.75, 3.05) is 5.75 Å². The fourth-order valence-electron chi connectivity index (χ4n) is 1.48. The molecule has 0 spiro atoms. The molecule has 0 aliphatic carbocycles. The molecule has 3 nitrogen and oxygen atoms in total. The highest BCUT2D eigenvalue weighted by atomic mass is 32.2. The zero-order valence-electron chi connectivity index (χ0n) is 11.3. The van der Waals surface area contributed by atoms with Crippen molar-refractivity contribution in [2.24, 2.45) is 0 Å². The van der Waals surface area contributed by atoms with Crippen molar-refractivity contribution in [1.29, 1.82) is 0 Å². The van der Waals surface area contributed by atoms with Gasteiger partial charge in [-0.05, 0) is 44.9 Å². The SMILES string of the molecule is Cc1cc(CO)ccc1SCC(=O)OC(C)(C)C. The third-order valence-corrected chi connectivity index (χ3v) is 3.34. The van der Waals surface area contributed by atoms with Crippen molar-refractivity contribution in [2.45, 2.75) is 44.8 Å². The molecule has 1 N–H and O–H groups in total. The van der Waals surface area contributed by atoms with Crippen LogP contribution in [-0.4, -0.2) is 22.4 Å². The topological polar surface area (TPSA) is 46.5 Å². The first-order chi connectivity index (χ1) is 8.31. The first kappa shape index (κ1) is 15.1. The quantitative estimate of drug-likeness (QED) is 0.673. The Labute approximate surface area is 113 Å². The summed E-state index contributed by atoms with van der Waals surface area (Å²) in [6.07, 6.45) is 0. The Morgan fingerprint density at radius 2 is 2.06 bits per heavy atom. The molecule has 0 amide bonds. The molecule has 0 saturated heterocycles. The Balaban J connectivity index is 2.56.